The van der Waals surface area contributed by atoms with Crippen LogP contribution in [0.1, 0.15) is 84.5 Å². The van der Waals surface area contributed by atoms with Crippen molar-refractivity contribution in [3.05, 3.63) is 10.1 Å². The molecule has 1 atom stereocenters. The molecule has 1 unspecified atom stereocenters. The highest BCUT2D eigenvalue weighted by atomic mass is 16.6. The third-order valence-electron chi connectivity index (χ3n) is 4.78. The van der Waals surface area contributed by atoms with Crippen molar-refractivity contribution in [2.24, 2.45) is 5.41 Å². The summed E-state index contributed by atoms with van der Waals surface area (Å²) in [5.74, 6) is -0.488. The molecule has 0 saturated heterocycles. The van der Waals surface area contributed by atoms with Gasteiger partial charge >= 0.3 is 11.9 Å². The lowest BCUT2D eigenvalue weighted by molar-refractivity contribution is -0.525. The molecule has 0 N–H and O–H groups in total. The molecule has 0 aliphatic rings. The molecule has 0 aromatic heterocycles. The molecular formula is C19H35NO6. The van der Waals surface area contributed by atoms with Crippen molar-refractivity contribution in [2.75, 3.05) is 14.2 Å². The monoisotopic (exact) mass is 373 g/mol. The smallest absolute Gasteiger partial charge is 0.311 e. The van der Waals surface area contributed by atoms with Crippen molar-refractivity contribution in [1.29, 1.82) is 0 Å². The maximum Gasteiger partial charge on any atom is 0.311 e. The first-order chi connectivity index (χ1) is 12.2. The van der Waals surface area contributed by atoms with Crippen LogP contribution in [0.2, 0.25) is 0 Å². The zero-order valence-electron chi connectivity index (χ0n) is 16.8. The summed E-state index contributed by atoms with van der Waals surface area (Å²) in [4.78, 5) is 33.6. The van der Waals surface area contributed by atoms with Gasteiger partial charge in [-0.25, -0.2) is 0 Å². The maximum absolute atomic E-state index is 11.7. The number of methoxy groups -OCH3 is 2. The predicted octanol–water partition coefficient (Wildman–Crippen LogP) is 4.30. The molecule has 0 amide bonds. The van der Waals surface area contributed by atoms with E-state index in [-0.39, 0.29) is 16.9 Å². The number of hydrogen-bond donors (Lipinski definition) is 0. The second kappa shape index (κ2) is 13.5. The Hall–Kier alpha value is -1.66. The van der Waals surface area contributed by atoms with Crippen LogP contribution in [-0.4, -0.2) is 37.1 Å². The molecule has 0 aliphatic heterocycles. The minimum atomic E-state index is -0.687. The Morgan fingerprint density at radius 1 is 0.923 bits per heavy atom. The summed E-state index contributed by atoms with van der Waals surface area (Å²) in [6.45, 7) is 3.52. The van der Waals surface area contributed by atoms with Crippen molar-refractivity contribution >= 4 is 11.9 Å². The molecule has 152 valence electrons. The molecule has 0 saturated carbocycles. The molecule has 0 aromatic rings. The Morgan fingerprint density at radius 3 is 1.96 bits per heavy atom. The minimum absolute atomic E-state index is 0.161. The molecule has 0 spiro atoms. The van der Waals surface area contributed by atoms with Crippen LogP contribution in [0.15, 0.2) is 0 Å². The molecule has 0 heterocycles. The zero-order chi connectivity index (χ0) is 20.0. The maximum atomic E-state index is 11.7. The van der Waals surface area contributed by atoms with Gasteiger partial charge in [-0.3, -0.25) is 19.7 Å². The standard InChI is InChI=1S/C19H35NO6/c1-19(2,18(22)26-4)15-14-16(20(23)24)12-10-8-6-5-7-9-11-13-17(21)25-3/h16H,5-15H2,1-4H3. The van der Waals surface area contributed by atoms with E-state index in [1.165, 1.54) is 14.2 Å². The Morgan fingerprint density at radius 2 is 1.46 bits per heavy atom. The van der Waals surface area contributed by atoms with Crippen LogP contribution < -0.4 is 0 Å². The summed E-state index contributed by atoms with van der Waals surface area (Å²) >= 11 is 0. The first-order valence-corrected chi connectivity index (χ1v) is 9.53. The number of esters is 2. The number of hydrogen-bond acceptors (Lipinski definition) is 6. The summed E-state index contributed by atoms with van der Waals surface area (Å²) in [6, 6.07) is -0.598. The number of ether oxygens (including phenoxy) is 2. The summed E-state index contributed by atoms with van der Waals surface area (Å²) in [5.41, 5.74) is -0.687. The van der Waals surface area contributed by atoms with Crippen LogP contribution >= 0.6 is 0 Å². The van der Waals surface area contributed by atoms with Crippen molar-refractivity contribution < 1.29 is 24.0 Å². The number of carbonyl (C=O) groups is 2. The molecule has 0 radical (unpaired) electrons. The quantitative estimate of drug-likeness (QED) is 0.184. The Labute approximate surface area is 157 Å². The fraction of sp³-hybridized carbons (Fsp3) is 0.895. The lowest BCUT2D eigenvalue weighted by Crippen LogP contribution is -2.29. The number of nitro groups is 1. The molecule has 7 heteroatoms. The second-order valence-electron chi connectivity index (χ2n) is 7.44. The van der Waals surface area contributed by atoms with Gasteiger partial charge in [0.25, 0.3) is 0 Å². The van der Waals surface area contributed by atoms with E-state index < -0.39 is 11.5 Å². The normalized spacial score (nSPS) is 12.5. The van der Waals surface area contributed by atoms with E-state index >= 15 is 0 Å². The van der Waals surface area contributed by atoms with Crippen LogP contribution in [0.5, 0.6) is 0 Å². The van der Waals surface area contributed by atoms with Crippen LogP contribution in [0.3, 0.4) is 0 Å². The van der Waals surface area contributed by atoms with Crippen LogP contribution in [0, 0.1) is 15.5 Å². The van der Waals surface area contributed by atoms with E-state index in [4.69, 9.17) is 4.74 Å². The third kappa shape index (κ3) is 11.1. The minimum Gasteiger partial charge on any atom is -0.469 e. The van der Waals surface area contributed by atoms with E-state index in [1.807, 2.05) is 0 Å². The molecule has 0 rings (SSSR count). The second-order valence-corrected chi connectivity index (χ2v) is 7.44. The van der Waals surface area contributed by atoms with Gasteiger partial charge in [-0.2, -0.15) is 0 Å². The zero-order valence-corrected chi connectivity index (χ0v) is 16.8. The van der Waals surface area contributed by atoms with Gasteiger partial charge in [-0.05, 0) is 33.1 Å². The SMILES string of the molecule is COC(=O)CCCCCCCCCC(CCC(C)(C)C(=O)OC)[N+](=O)[O-]. The van der Waals surface area contributed by atoms with Crippen molar-refractivity contribution in [1.82, 2.24) is 0 Å². The largest absolute Gasteiger partial charge is 0.469 e. The molecular weight excluding hydrogens is 338 g/mol. The summed E-state index contributed by atoms with van der Waals surface area (Å²) in [5, 5.41) is 11.2. The Bertz CT molecular complexity index is 436. The fourth-order valence-electron chi connectivity index (χ4n) is 2.90. The van der Waals surface area contributed by atoms with Gasteiger partial charge in [0.2, 0.25) is 6.04 Å². The average molecular weight is 373 g/mol. The molecule has 7 nitrogen and oxygen atoms in total. The topological polar surface area (TPSA) is 95.7 Å². The summed E-state index contributed by atoms with van der Waals surface area (Å²) < 4.78 is 9.34. The van der Waals surface area contributed by atoms with E-state index in [0.717, 1.165) is 44.9 Å². The van der Waals surface area contributed by atoms with Gasteiger partial charge in [0.15, 0.2) is 0 Å². The molecule has 0 bridgehead atoms. The van der Waals surface area contributed by atoms with E-state index in [9.17, 15) is 19.7 Å². The van der Waals surface area contributed by atoms with E-state index in [1.54, 1.807) is 13.8 Å². The number of nitrogens with zero attached hydrogens (tertiary/aromatic N) is 1. The summed E-state index contributed by atoms with van der Waals surface area (Å²) in [6.07, 6.45) is 8.73. The van der Waals surface area contributed by atoms with Crippen LogP contribution in [-0.2, 0) is 19.1 Å². The molecule has 0 fully saturated rings. The first kappa shape index (κ1) is 24.3. The highest BCUT2D eigenvalue weighted by molar-refractivity contribution is 5.75. The van der Waals surface area contributed by atoms with Crippen molar-refractivity contribution in [3.63, 3.8) is 0 Å². The van der Waals surface area contributed by atoms with Crippen molar-refractivity contribution in [3.8, 4) is 0 Å². The number of unbranched alkanes of at least 4 members (excludes halogenated alkanes) is 6. The van der Waals surface area contributed by atoms with Gasteiger partial charge in [-0.15, -0.1) is 0 Å². The van der Waals surface area contributed by atoms with Gasteiger partial charge in [0.1, 0.15) is 0 Å². The number of rotatable bonds is 15. The van der Waals surface area contributed by atoms with E-state index in [0.29, 0.717) is 25.7 Å². The molecule has 26 heavy (non-hydrogen) atoms. The van der Waals surface area contributed by atoms with Gasteiger partial charge in [-0.1, -0.05) is 32.1 Å². The lowest BCUT2D eigenvalue weighted by Gasteiger charge is -2.22. The van der Waals surface area contributed by atoms with Gasteiger partial charge < -0.3 is 9.47 Å². The Kier molecular flexibility index (Phi) is 12.7. The first-order valence-electron chi connectivity index (χ1n) is 9.53. The van der Waals surface area contributed by atoms with Crippen LogP contribution in [0.25, 0.3) is 0 Å². The fourth-order valence-corrected chi connectivity index (χ4v) is 2.90. The highest BCUT2D eigenvalue weighted by Crippen LogP contribution is 2.26. The molecule has 0 aliphatic carbocycles. The average Bonchev–Trinajstić information content (AvgIpc) is 2.61. The summed E-state index contributed by atoms with van der Waals surface area (Å²) in [7, 11) is 2.74. The van der Waals surface area contributed by atoms with Crippen LogP contribution in [0.4, 0.5) is 0 Å². The Balaban J connectivity index is 3.87. The van der Waals surface area contributed by atoms with Crippen molar-refractivity contribution in [2.45, 2.75) is 90.5 Å². The lowest BCUT2D eigenvalue weighted by atomic mass is 9.85. The molecule has 0 aromatic carbocycles. The predicted molar refractivity (Wildman–Crippen MR) is 99.4 cm³/mol. The van der Waals surface area contributed by atoms with Gasteiger partial charge in [0.05, 0.1) is 19.6 Å². The number of carbonyl (C=O) groups excluding carboxylic acids is 2. The highest BCUT2D eigenvalue weighted by Gasteiger charge is 2.31. The third-order valence-corrected chi connectivity index (χ3v) is 4.78. The van der Waals surface area contributed by atoms with E-state index in [2.05, 4.69) is 4.74 Å². The van der Waals surface area contributed by atoms with Gasteiger partial charge in [0, 0.05) is 24.2 Å².